The van der Waals surface area contributed by atoms with Gasteiger partial charge in [0.25, 0.3) is 0 Å². The molecule has 0 amide bonds. The van der Waals surface area contributed by atoms with Gasteiger partial charge in [-0.15, -0.1) is 0 Å². The van der Waals surface area contributed by atoms with E-state index in [0.717, 1.165) is 5.56 Å². The van der Waals surface area contributed by atoms with Crippen molar-refractivity contribution in [2.45, 2.75) is 13.3 Å². The molecular weight excluding hydrogens is 221 g/mol. The Hall–Kier alpha value is -1.13. The Morgan fingerprint density at radius 3 is 2.71 bits per heavy atom. The molecule has 0 bridgehead atoms. The van der Waals surface area contributed by atoms with Crippen molar-refractivity contribution in [1.29, 1.82) is 0 Å². The summed E-state index contributed by atoms with van der Waals surface area (Å²) in [6, 6.07) is 4.47. The molecule has 0 aliphatic rings. The Labute approximate surface area is 101 Å². The van der Waals surface area contributed by atoms with Crippen LogP contribution in [0.2, 0.25) is 0 Å². The Kier molecular flexibility index (Phi) is 5.38. The smallest absolute Gasteiger partial charge is 0.123 e. The molecule has 0 aromatic heterocycles. The zero-order valence-electron chi connectivity index (χ0n) is 10.3. The number of methoxy groups -OCH3 is 1. The summed E-state index contributed by atoms with van der Waals surface area (Å²) in [5.74, 6) is 0.608. The number of nitrogens with two attached hydrogens (primary N) is 1. The predicted molar refractivity (Wildman–Crippen MR) is 65.5 cm³/mol. The molecule has 2 atom stereocenters. The van der Waals surface area contributed by atoms with Gasteiger partial charge in [0.2, 0.25) is 0 Å². The van der Waals surface area contributed by atoms with Crippen molar-refractivity contribution >= 4 is 0 Å². The second-order valence-electron chi connectivity index (χ2n) is 4.32. The lowest BCUT2D eigenvalue weighted by Gasteiger charge is -2.21. The van der Waals surface area contributed by atoms with E-state index in [9.17, 15) is 9.50 Å². The topological polar surface area (TPSA) is 55.5 Å². The van der Waals surface area contributed by atoms with E-state index in [1.54, 1.807) is 13.2 Å². The second-order valence-corrected chi connectivity index (χ2v) is 4.32. The Balaban J connectivity index is 2.82. The van der Waals surface area contributed by atoms with Gasteiger partial charge < -0.3 is 15.6 Å². The SMILES string of the molecule is COc1ccc(F)cc1CC(C)C(CN)CO. The molecule has 1 rings (SSSR count). The maximum Gasteiger partial charge on any atom is 0.123 e. The fraction of sp³-hybridized carbons (Fsp3) is 0.538. The number of hydrogen-bond acceptors (Lipinski definition) is 3. The molecule has 0 radical (unpaired) electrons. The van der Waals surface area contributed by atoms with Crippen molar-refractivity contribution in [3.05, 3.63) is 29.6 Å². The summed E-state index contributed by atoms with van der Waals surface area (Å²) in [6.45, 7) is 2.47. The van der Waals surface area contributed by atoms with Crippen molar-refractivity contribution in [2.75, 3.05) is 20.3 Å². The molecule has 0 spiro atoms. The fourth-order valence-electron chi connectivity index (χ4n) is 1.91. The molecule has 0 heterocycles. The molecule has 0 saturated carbocycles. The summed E-state index contributed by atoms with van der Waals surface area (Å²) in [6.07, 6.45) is 0.642. The molecule has 0 saturated heterocycles. The highest BCUT2D eigenvalue weighted by Gasteiger charge is 2.17. The minimum atomic E-state index is -0.277. The van der Waals surface area contributed by atoms with Crippen molar-refractivity contribution < 1.29 is 14.2 Å². The first-order valence-corrected chi connectivity index (χ1v) is 5.75. The maximum atomic E-state index is 13.2. The number of ether oxygens (including phenoxy) is 1. The van der Waals surface area contributed by atoms with Gasteiger partial charge in [-0.1, -0.05) is 6.92 Å². The predicted octanol–water partition coefficient (Wildman–Crippen LogP) is 1.58. The lowest BCUT2D eigenvalue weighted by atomic mass is 9.88. The van der Waals surface area contributed by atoms with E-state index in [4.69, 9.17) is 10.5 Å². The van der Waals surface area contributed by atoms with Crippen LogP contribution in [0.3, 0.4) is 0 Å². The van der Waals surface area contributed by atoms with Crippen molar-refractivity contribution in [3.63, 3.8) is 0 Å². The van der Waals surface area contributed by atoms with Gasteiger partial charge >= 0.3 is 0 Å². The Morgan fingerprint density at radius 2 is 2.18 bits per heavy atom. The standard InChI is InChI=1S/C13H20FNO2/c1-9(11(7-15)8-16)5-10-6-12(14)3-4-13(10)17-2/h3-4,6,9,11,16H,5,7-8,15H2,1-2H3. The van der Waals surface area contributed by atoms with Gasteiger partial charge in [0.15, 0.2) is 0 Å². The minimum absolute atomic E-state index is 0.0305. The largest absolute Gasteiger partial charge is 0.496 e. The summed E-state index contributed by atoms with van der Waals surface area (Å²) in [7, 11) is 1.56. The van der Waals surface area contributed by atoms with Crippen LogP contribution in [-0.4, -0.2) is 25.4 Å². The molecule has 3 N–H and O–H groups in total. The van der Waals surface area contributed by atoms with E-state index in [0.29, 0.717) is 18.7 Å². The first kappa shape index (κ1) is 13.9. The number of rotatable bonds is 6. The monoisotopic (exact) mass is 241 g/mol. The third kappa shape index (κ3) is 3.68. The third-order valence-electron chi connectivity index (χ3n) is 3.13. The summed E-state index contributed by atoms with van der Waals surface area (Å²) in [5.41, 5.74) is 6.38. The van der Waals surface area contributed by atoms with Crippen LogP contribution in [0.4, 0.5) is 4.39 Å². The van der Waals surface area contributed by atoms with Crippen LogP contribution in [0.15, 0.2) is 18.2 Å². The molecule has 0 aliphatic heterocycles. The zero-order chi connectivity index (χ0) is 12.8. The number of aliphatic hydroxyl groups is 1. The quantitative estimate of drug-likeness (QED) is 0.795. The number of hydrogen-bond donors (Lipinski definition) is 2. The van der Waals surface area contributed by atoms with Gasteiger partial charge in [0.05, 0.1) is 7.11 Å². The highest BCUT2D eigenvalue weighted by Crippen LogP contribution is 2.25. The van der Waals surface area contributed by atoms with Gasteiger partial charge in [0.1, 0.15) is 11.6 Å². The van der Waals surface area contributed by atoms with Gasteiger partial charge in [0, 0.05) is 6.61 Å². The molecule has 0 fully saturated rings. The lowest BCUT2D eigenvalue weighted by Crippen LogP contribution is -2.26. The molecular formula is C13H20FNO2. The maximum absolute atomic E-state index is 13.2. The van der Waals surface area contributed by atoms with Crippen LogP contribution in [0.1, 0.15) is 12.5 Å². The summed E-state index contributed by atoms with van der Waals surface area (Å²) >= 11 is 0. The van der Waals surface area contributed by atoms with Gasteiger partial charge in [-0.2, -0.15) is 0 Å². The normalized spacial score (nSPS) is 14.4. The molecule has 0 aliphatic carbocycles. The number of halogens is 1. The summed E-state index contributed by atoms with van der Waals surface area (Å²) < 4.78 is 18.4. The van der Waals surface area contributed by atoms with E-state index in [-0.39, 0.29) is 24.3 Å². The van der Waals surface area contributed by atoms with Crippen LogP contribution in [0.5, 0.6) is 5.75 Å². The van der Waals surface area contributed by atoms with Crippen molar-refractivity contribution in [2.24, 2.45) is 17.6 Å². The van der Waals surface area contributed by atoms with Crippen LogP contribution >= 0.6 is 0 Å². The Morgan fingerprint density at radius 1 is 1.47 bits per heavy atom. The zero-order valence-corrected chi connectivity index (χ0v) is 10.3. The van der Waals surface area contributed by atoms with Crippen LogP contribution in [-0.2, 0) is 6.42 Å². The molecule has 96 valence electrons. The number of benzene rings is 1. The highest BCUT2D eigenvalue weighted by molar-refractivity contribution is 5.34. The number of aliphatic hydroxyl groups excluding tert-OH is 1. The van der Waals surface area contributed by atoms with Crippen LogP contribution in [0, 0.1) is 17.7 Å². The first-order valence-electron chi connectivity index (χ1n) is 5.75. The molecule has 3 nitrogen and oxygen atoms in total. The van der Waals surface area contributed by atoms with Crippen molar-refractivity contribution in [1.82, 2.24) is 0 Å². The van der Waals surface area contributed by atoms with E-state index in [2.05, 4.69) is 0 Å². The lowest BCUT2D eigenvalue weighted by molar-refractivity contribution is 0.186. The Bertz CT molecular complexity index is 353. The minimum Gasteiger partial charge on any atom is -0.496 e. The molecule has 2 unspecified atom stereocenters. The van der Waals surface area contributed by atoms with Gasteiger partial charge in [-0.25, -0.2) is 4.39 Å². The van der Waals surface area contributed by atoms with E-state index < -0.39 is 0 Å². The fourth-order valence-corrected chi connectivity index (χ4v) is 1.91. The molecule has 1 aromatic rings. The molecule has 1 aromatic carbocycles. The average Bonchev–Trinajstić information content (AvgIpc) is 2.31. The first-order chi connectivity index (χ1) is 8.12. The van der Waals surface area contributed by atoms with Crippen LogP contribution < -0.4 is 10.5 Å². The van der Waals surface area contributed by atoms with Crippen molar-refractivity contribution in [3.8, 4) is 5.75 Å². The molecule has 4 heteroatoms. The van der Waals surface area contributed by atoms with E-state index >= 15 is 0 Å². The second kappa shape index (κ2) is 6.57. The summed E-state index contributed by atoms with van der Waals surface area (Å²) in [4.78, 5) is 0. The third-order valence-corrected chi connectivity index (χ3v) is 3.13. The van der Waals surface area contributed by atoms with Gasteiger partial charge in [-0.05, 0) is 48.6 Å². The van der Waals surface area contributed by atoms with Crippen LogP contribution in [0.25, 0.3) is 0 Å². The molecule has 17 heavy (non-hydrogen) atoms. The summed E-state index contributed by atoms with van der Waals surface area (Å²) in [5, 5.41) is 9.17. The van der Waals surface area contributed by atoms with E-state index in [1.165, 1.54) is 12.1 Å². The average molecular weight is 241 g/mol. The highest BCUT2D eigenvalue weighted by atomic mass is 19.1. The van der Waals surface area contributed by atoms with Gasteiger partial charge in [-0.3, -0.25) is 0 Å². The van der Waals surface area contributed by atoms with E-state index in [1.807, 2.05) is 6.92 Å².